The summed E-state index contributed by atoms with van der Waals surface area (Å²) in [4.78, 5) is 13.2. The van der Waals surface area contributed by atoms with E-state index in [9.17, 15) is 4.79 Å². The fraction of sp³-hybridized carbons (Fsp3) is 0.889. The van der Waals surface area contributed by atoms with Crippen molar-refractivity contribution < 1.29 is 14.3 Å². The number of morpholine rings is 1. The van der Waals surface area contributed by atoms with Gasteiger partial charge in [0.1, 0.15) is 6.04 Å². The van der Waals surface area contributed by atoms with E-state index in [0.717, 1.165) is 32.8 Å². The zero-order valence-corrected chi connectivity index (χ0v) is 8.57. The Morgan fingerprint density at radius 1 is 1.57 bits per heavy atom. The van der Waals surface area contributed by atoms with Crippen molar-refractivity contribution in [2.24, 2.45) is 5.73 Å². The zero-order chi connectivity index (χ0) is 10.4. The molecule has 2 N–H and O–H groups in total. The average Bonchev–Trinajstić information content (AvgIpc) is 2.26. The Labute approximate surface area is 84.1 Å². The largest absolute Gasteiger partial charge is 0.468 e. The van der Waals surface area contributed by atoms with Crippen molar-refractivity contribution in [1.82, 2.24) is 4.90 Å². The SMILES string of the molecule is COC(=O)C(N)CCN1CCOCC1. The van der Waals surface area contributed by atoms with Crippen molar-refractivity contribution in [2.45, 2.75) is 12.5 Å². The van der Waals surface area contributed by atoms with Gasteiger partial charge in [-0.2, -0.15) is 0 Å². The lowest BCUT2D eigenvalue weighted by atomic mass is 10.2. The predicted molar refractivity (Wildman–Crippen MR) is 51.9 cm³/mol. The smallest absolute Gasteiger partial charge is 0.322 e. The third kappa shape index (κ3) is 3.61. The molecule has 0 aromatic heterocycles. The molecule has 1 aliphatic heterocycles. The standard InChI is InChI=1S/C9H18N2O3/c1-13-9(12)8(10)2-3-11-4-6-14-7-5-11/h8H,2-7,10H2,1H3. The Morgan fingerprint density at radius 2 is 2.21 bits per heavy atom. The maximum Gasteiger partial charge on any atom is 0.322 e. The molecule has 1 atom stereocenters. The van der Waals surface area contributed by atoms with Gasteiger partial charge in [-0.1, -0.05) is 0 Å². The number of ether oxygens (including phenoxy) is 2. The van der Waals surface area contributed by atoms with Crippen molar-refractivity contribution in [3.63, 3.8) is 0 Å². The van der Waals surface area contributed by atoms with Crippen molar-refractivity contribution in [2.75, 3.05) is 40.0 Å². The summed E-state index contributed by atoms with van der Waals surface area (Å²) in [7, 11) is 1.36. The summed E-state index contributed by atoms with van der Waals surface area (Å²) in [5.41, 5.74) is 5.61. The molecule has 1 rings (SSSR count). The highest BCUT2D eigenvalue weighted by Crippen LogP contribution is 2.00. The molecule has 0 bridgehead atoms. The van der Waals surface area contributed by atoms with Crippen molar-refractivity contribution in [3.05, 3.63) is 0 Å². The van der Waals surface area contributed by atoms with E-state index in [-0.39, 0.29) is 5.97 Å². The Bertz CT molecular complexity index is 181. The molecule has 1 aliphatic rings. The van der Waals surface area contributed by atoms with Crippen LogP contribution in [0.2, 0.25) is 0 Å². The predicted octanol–water partition coefficient (Wildman–Crippen LogP) is -0.791. The summed E-state index contributed by atoms with van der Waals surface area (Å²) in [6.07, 6.45) is 0.646. The van der Waals surface area contributed by atoms with Gasteiger partial charge in [0.05, 0.1) is 20.3 Å². The number of methoxy groups -OCH3 is 1. The molecular weight excluding hydrogens is 184 g/mol. The van der Waals surface area contributed by atoms with Crippen LogP contribution in [0.3, 0.4) is 0 Å². The summed E-state index contributed by atoms with van der Waals surface area (Å²) in [5, 5.41) is 0. The van der Waals surface area contributed by atoms with Crippen LogP contribution in [0.5, 0.6) is 0 Å². The lowest BCUT2D eigenvalue weighted by molar-refractivity contribution is -0.142. The van der Waals surface area contributed by atoms with Crippen LogP contribution in [0.25, 0.3) is 0 Å². The van der Waals surface area contributed by atoms with Crippen LogP contribution < -0.4 is 5.73 Å². The average molecular weight is 202 g/mol. The highest BCUT2D eigenvalue weighted by molar-refractivity contribution is 5.75. The van der Waals surface area contributed by atoms with Gasteiger partial charge < -0.3 is 15.2 Å². The minimum Gasteiger partial charge on any atom is -0.468 e. The molecule has 0 aliphatic carbocycles. The summed E-state index contributed by atoms with van der Waals surface area (Å²) in [6.45, 7) is 4.22. The molecule has 0 spiro atoms. The zero-order valence-electron chi connectivity index (χ0n) is 8.57. The molecule has 0 saturated carbocycles. The van der Waals surface area contributed by atoms with Gasteiger partial charge in [0.15, 0.2) is 0 Å². The molecule has 5 nitrogen and oxygen atoms in total. The molecule has 1 fully saturated rings. The molecule has 1 saturated heterocycles. The summed E-state index contributed by atoms with van der Waals surface area (Å²) >= 11 is 0. The topological polar surface area (TPSA) is 64.8 Å². The second kappa shape index (κ2) is 5.95. The van der Waals surface area contributed by atoms with Gasteiger partial charge >= 0.3 is 5.97 Å². The van der Waals surface area contributed by atoms with E-state index in [1.54, 1.807) is 0 Å². The molecule has 0 aromatic carbocycles. The quantitative estimate of drug-likeness (QED) is 0.605. The third-order valence-corrected chi connectivity index (χ3v) is 2.36. The van der Waals surface area contributed by atoms with E-state index in [4.69, 9.17) is 10.5 Å². The molecule has 82 valence electrons. The fourth-order valence-electron chi connectivity index (χ4n) is 1.42. The Kier molecular flexibility index (Phi) is 4.86. The molecule has 5 heteroatoms. The Balaban J connectivity index is 2.15. The number of esters is 1. The van der Waals surface area contributed by atoms with E-state index in [2.05, 4.69) is 9.64 Å². The first-order valence-electron chi connectivity index (χ1n) is 4.87. The van der Waals surface area contributed by atoms with Crippen LogP contribution in [0.1, 0.15) is 6.42 Å². The van der Waals surface area contributed by atoms with Gasteiger partial charge in [-0.3, -0.25) is 9.69 Å². The Hall–Kier alpha value is -0.650. The highest BCUT2D eigenvalue weighted by Gasteiger charge is 2.16. The molecule has 0 amide bonds. The van der Waals surface area contributed by atoms with Crippen LogP contribution in [-0.2, 0) is 14.3 Å². The number of nitrogens with zero attached hydrogens (tertiary/aromatic N) is 1. The van der Waals surface area contributed by atoms with E-state index in [0.29, 0.717) is 6.42 Å². The number of hydrogen-bond donors (Lipinski definition) is 1. The van der Waals surface area contributed by atoms with E-state index < -0.39 is 6.04 Å². The maximum atomic E-state index is 11.0. The first-order chi connectivity index (χ1) is 6.74. The monoisotopic (exact) mass is 202 g/mol. The summed E-state index contributed by atoms with van der Waals surface area (Å²) in [6, 6.07) is -0.497. The molecule has 0 radical (unpaired) electrons. The van der Waals surface area contributed by atoms with Gasteiger partial charge in [0.2, 0.25) is 0 Å². The van der Waals surface area contributed by atoms with Gasteiger partial charge in [-0.05, 0) is 6.42 Å². The number of hydrogen-bond acceptors (Lipinski definition) is 5. The van der Waals surface area contributed by atoms with E-state index >= 15 is 0 Å². The van der Waals surface area contributed by atoms with Crippen LogP contribution in [-0.4, -0.2) is 56.9 Å². The van der Waals surface area contributed by atoms with Gasteiger partial charge in [0.25, 0.3) is 0 Å². The minimum atomic E-state index is -0.497. The number of rotatable bonds is 4. The number of carbonyl (C=O) groups is 1. The van der Waals surface area contributed by atoms with Crippen LogP contribution >= 0.6 is 0 Å². The van der Waals surface area contributed by atoms with Gasteiger partial charge in [-0.25, -0.2) is 0 Å². The Morgan fingerprint density at radius 3 is 2.79 bits per heavy atom. The lowest BCUT2D eigenvalue weighted by Gasteiger charge is -2.27. The molecule has 14 heavy (non-hydrogen) atoms. The van der Waals surface area contributed by atoms with Crippen LogP contribution in [0.4, 0.5) is 0 Å². The lowest BCUT2D eigenvalue weighted by Crippen LogP contribution is -2.41. The number of nitrogens with two attached hydrogens (primary N) is 1. The minimum absolute atomic E-state index is 0.335. The summed E-state index contributed by atoms with van der Waals surface area (Å²) < 4.78 is 9.76. The highest BCUT2D eigenvalue weighted by atomic mass is 16.5. The fourth-order valence-corrected chi connectivity index (χ4v) is 1.42. The van der Waals surface area contributed by atoms with Crippen molar-refractivity contribution in [3.8, 4) is 0 Å². The van der Waals surface area contributed by atoms with Gasteiger partial charge in [0, 0.05) is 19.6 Å². The molecule has 1 unspecified atom stereocenters. The van der Waals surface area contributed by atoms with Crippen LogP contribution in [0.15, 0.2) is 0 Å². The van der Waals surface area contributed by atoms with Crippen LogP contribution in [0, 0.1) is 0 Å². The summed E-state index contributed by atoms with van der Waals surface area (Å²) in [5.74, 6) is -0.335. The first kappa shape index (κ1) is 11.4. The molecule has 1 heterocycles. The second-order valence-corrected chi connectivity index (χ2v) is 3.37. The molecular formula is C9H18N2O3. The van der Waals surface area contributed by atoms with Crippen molar-refractivity contribution in [1.29, 1.82) is 0 Å². The first-order valence-corrected chi connectivity index (χ1v) is 4.87. The normalized spacial score (nSPS) is 20.4. The number of carbonyl (C=O) groups excluding carboxylic acids is 1. The second-order valence-electron chi connectivity index (χ2n) is 3.37. The van der Waals surface area contributed by atoms with Crippen molar-refractivity contribution >= 4 is 5.97 Å². The third-order valence-electron chi connectivity index (χ3n) is 2.36. The van der Waals surface area contributed by atoms with E-state index in [1.165, 1.54) is 7.11 Å². The maximum absolute atomic E-state index is 11.0. The molecule has 0 aromatic rings. The van der Waals surface area contributed by atoms with Gasteiger partial charge in [-0.15, -0.1) is 0 Å². The van der Waals surface area contributed by atoms with E-state index in [1.807, 2.05) is 0 Å².